The molecule has 0 aliphatic heterocycles. The molecule has 5 aromatic rings. The summed E-state index contributed by atoms with van der Waals surface area (Å²) in [5.41, 5.74) is 3.17. The predicted octanol–water partition coefficient (Wildman–Crippen LogP) is 5.13. The van der Waals surface area contributed by atoms with Crippen LogP contribution < -0.4 is 5.32 Å². The fourth-order valence-corrected chi connectivity index (χ4v) is 5.03. The number of benzene rings is 2. The number of amides is 1. The maximum Gasteiger partial charge on any atom is 0.292 e. The zero-order chi connectivity index (χ0) is 23.7. The normalized spacial score (nSPS) is 11.6. The van der Waals surface area contributed by atoms with Gasteiger partial charge in [0.05, 0.1) is 4.90 Å². The van der Waals surface area contributed by atoms with Crippen LogP contribution in [0.5, 0.6) is 0 Å². The highest BCUT2D eigenvalue weighted by Gasteiger charge is 2.22. The number of nitrogens with one attached hydrogen (secondary N) is 1. The van der Waals surface area contributed by atoms with E-state index in [1.165, 1.54) is 24.3 Å². The Balaban J connectivity index is 1.45. The molecule has 0 fully saturated rings. The number of carbonyl (C=O) groups is 1. The van der Waals surface area contributed by atoms with Crippen LogP contribution >= 0.6 is 0 Å². The molecule has 34 heavy (non-hydrogen) atoms. The summed E-state index contributed by atoms with van der Waals surface area (Å²) in [6.07, 6.45) is 1.83. The van der Waals surface area contributed by atoms with Gasteiger partial charge in [0.15, 0.2) is 15.6 Å². The van der Waals surface area contributed by atoms with E-state index in [2.05, 4.69) is 5.32 Å². The lowest BCUT2D eigenvalue weighted by molar-refractivity contribution is 0.0994. The maximum absolute atomic E-state index is 13.1. The zero-order valence-corrected chi connectivity index (χ0v) is 19.1. The fourth-order valence-electron chi connectivity index (χ4n) is 3.77. The molecule has 0 radical (unpaired) electrons. The Kier molecular flexibility index (Phi) is 5.51. The Hall–Kier alpha value is -4.17. The number of nitrogens with zero attached hydrogens (tertiary/aromatic N) is 2. The van der Waals surface area contributed by atoms with Gasteiger partial charge in [0.2, 0.25) is 0 Å². The SMILES string of the molecule is Cc1cccn2c(NC(=O)c3ccc(CS(=O)(=O)c4ccccc4)o3)c(-c3ccccc3)nc12. The van der Waals surface area contributed by atoms with E-state index in [1.807, 2.05) is 60.0 Å². The molecule has 3 aromatic heterocycles. The lowest BCUT2D eigenvalue weighted by Gasteiger charge is -2.07. The maximum atomic E-state index is 13.1. The number of anilines is 1. The lowest BCUT2D eigenvalue weighted by Crippen LogP contribution is -2.13. The van der Waals surface area contributed by atoms with Gasteiger partial charge in [-0.05, 0) is 42.8 Å². The number of imidazole rings is 1. The smallest absolute Gasteiger partial charge is 0.292 e. The summed E-state index contributed by atoms with van der Waals surface area (Å²) in [5.74, 6) is -0.131. The molecule has 1 N–H and O–H groups in total. The Morgan fingerprint density at radius 3 is 2.38 bits per heavy atom. The first kappa shape index (κ1) is 21.7. The van der Waals surface area contributed by atoms with Gasteiger partial charge in [0.1, 0.15) is 28.7 Å². The van der Waals surface area contributed by atoms with Crippen molar-refractivity contribution in [1.82, 2.24) is 9.38 Å². The summed E-state index contributed by atoms with van der Waals surface area (Å²) in [7, 11) is -3.59. The van der Waals surface area contributed by atoms with Crippen molar-refractivity contribution in [2.45, 2.75) is 17.6 Å². The fraction of sp³-hybridized carbons (Fsp3) is 0.0769. The van der Waals surface area contributed by atoms with E-state index < -0.39 is 15.7 Å². The second kappa shape index (κ2) is 8.64. The Morgan fingerprint density at radius 1 is 0.941 bits per heavy atom. The third kappa shape index (κ3) is 4.11. The molecule has 0 atom stereocenters. The number of fused-ring (bicyclic) bond motifs is 1. The van der Waals surface area contributed by atoms with Crippen molar-refractivity contribution in [2.75, 3.05) is 5.32 Å². The molecule has 0 aliphatic rings. The first-order valence-electron chi connectivity index (χ1n) is 10.6. The van der Waals surface area contributed by atoms with Gasteiger partial charge in [-0.1, -0.05) is 54.6 Å². The van der Waals surface area contributed by atoms with Crippen molar-refractivity contribution >= 4 is 27.2 Å². The molecular formula is C26H21N3O4S. The molecule has 0 unspecified atom stereocenters. The molecule has 0 saturated heterocycles. The van der Waals surface area contributed by atoms with Crippen LogP contribution in [0, 0.1) is 6.92 Å². The zero-order valence-electron chi connectivity index (χ0n) is 18.3. The van der Waals surface area contributed by atoms with Crippen molar-refractivity contribution in [1.29, 1.82) is 0 Å². The average molecular weight is 472 g/mol. The van der Waals surface area contributed by atoms with E-state index in [9.17, 15) is 13.2 Å². The molecule has 170 valence electrons. The van der Waals surface area contributed by atoms with Crippen molar-refractivity contribution in [3.05, 3.63) is 108 Å². The minimum absolute atomic E-state index is 0.0138. The Labute approximate surface area is 196 Å². The number of aryl methyl sites for hydroxylation is 1. The molecule has 8 heteroatoms. The van der Waals surface area contributed by atoms with Gasteiger partial charge in [0, 0.05) is 11.8 Å². The monoisotopic (exact) mass is 471 g/mol. The summed E-state index contributed by atoms with van der Waals surface area (Å²) < 4.78 is 32.7. The topological polar surface area (TPSA) is 93.7 Å². The van der Waals surface area contributed by atoms with E-state index in [-0.39, 0.29) is 22.2 Å². The minimum Gasteiger partial charge on any atom is -0.455 e. The van der Waals surface area contributed by atoms with Crippen LogP contribution in [0.25, 0.3) is 16.9 Å². The molecule has 0 aliphatic carbocycles. The van der Waals surface area contributed by atoms with E-state index in [0.29, 0.717) is 11.5 Å². The number of hydrogen-bond acceptors (Lipinski definition) is 5. The summed E-state index contributed by atoms with van der Waals surface area (Å²) in [6.45, 7) is 1.95. The van der Waals surface area contributed by atoms with E-state index in [0.717, 1.165) is 16.8 Å². The van der Waals surface area contributed by atoms with Crippen molar-refractivity contribution in [3.8, 4) is 11.3 Å². The van der Waals surface area contributed by atoms with Gasteiger partial charge >= 0.3 is 0 Å². The summed E-state index contributed by atoms with van der Waals surface area (Å²) >= 11 is 0. The highest BCUT2D eigenvalue weighted by atomic mass is 32.2. The van der Waals surface area contributed by atoms with Crippen LogP contribution in [0.15, 0.2) is 100 Å². The van der Waals surface area contributed by atoms with Crippen LogP contribution in [0.4, 0.5) is 5.82 Å². The largest absolute Gasteiger partial charge is 0.455 e. The van der Waals surface area contributed by atoms with Gasteiger partial charge in [-0.25, -0.2) is 13.4 Å². The molecule has 2 aromatic carbocycles. The minimum atomic E-state index is -3.59. The van der Waals surface area contributed by atoms with Gasteiger partial charge in [-0.15, -0.1) is 0 Å². The second-order valence-electron chi connectivity index (χ2n) is 7.85. The molecule has 3 heterocycles. The van der Waals surface area contributed by atoms with Crippen LogP contribution in [0.3, 0.4) is 0 Å². The standard InChI is InChI=1S/C26H21N3O4S/c1-18-9-8-16-29-24(18)27-23(19-10-4-2-5-11-19)25(29)28-26(30)22-15-14-20(33-22)17-34(31,32)21-12-6-3-7-13-21/h2-16H,17H2,1H3,(H,28,30). The van der Waals surface area contributed by atoms with Crippen LogP contribution in [0.1, 0.15) is 21.9 Å². The van der Waals surface area contributed by atoms with Crippen LogP contribution in [-0.4, -0.2) is 23.7 Å². The predicted molar refractivity (Wildman–Crippen MR) is 129 cm³/mol. The Morgan fingerprint density at radius 2 is 1.65 bits per heavy atom. The molecular weight excluding hydrogens is 450 g/mol. The number of rotatable bonds is 6. The number of carbonyl (C=O) groups excluding carboxylic acids is 1. The second-order valence-corrected chi connectivity index (χ2v) is 9.84. The van der Waals surface area contributed by atoms with Gasteiger partial charge in [0.25, 0.3) is 5.91 Å². The number of furan rings is 1. The third-order valence-electron chi connectivity index (χ3n) is 5.44. The first-order chi connectivity index (χ1) is 16.4. The molecule has 1 amide bonds. The van der Waals surface area contributed by atoms with Gasteiger partial charge in [-0.3, -0.25) is 9.20 Å². The van der Waals surface area contributed by atoms with Crippen LogP contribution in [0.2, 0.25) is 0 Å². The van der Waals surface area contributed by atoms with Crippen LogP contribution in [-0.2, 0) is 15.6 Å². The molecule has 0 bridgehead atoms. The van der Waals surface area contributed by atoms with Crippen molar-refractivity contribution < 1.29 is 17.6 Å². The molecule has 7 nitrogen and oxygen atoms in total. The Bertz CT molecular complexity index is 1590. The number of sulfone groups is 1. The molecule has 5 rings (SSSR count). The van der Waals surface area contributed by atoms with E-state index in [1.54, 1.807) is 18.2 Å². The van der Waals surface area contributed by atoms with Gasteiger partial charge < -0.3 is 9.73 Å². The number of aromatic nitrogens is 2. The quantitative estimate of drug-likeness (QED) is 0.371. The number of pyridine rings is 1. The molecule has 0 spiro atoms. The summed E-state index contributed by atoms with van der Waals surface area (Å²) in [6, 6.07) is 24.5. The van der Waals surface area contributed by atoms with E-state index in [4.69, 9.17) is 9.40 Å². The highest BCUT2D eigenvalue weighted by Crippen LogP contribution is 2.30. The van der Waals surface area contributed by atoms with E-state index >= 15 is 0 Å². The van der Waals surface area contributed by atoms with Gasteiger partial charge in [-0.2, -0.15) is 0 Å². The summed E-state index contributed by atoms with van der Waals surface area (Å²) in [4.78, 5) is 18.0. The number of hydrogen-bond donors (Lipinski definition) is 1. The first-order valence-corrected chi connectivity index (χ1v) is 12.3. The highest BCUT2D eigenvalue weighted by molar-refractivity contribution is 7.90. The van der Waals surface area contributed by atoms with Crippen molar-refractivity contribution in [3.63, 3.8) is 0 Å². The lowest BCUT2D eigenvalue weighted by atomic mass is 10.1. The molecule has 0 saturated carbocycles. The third-order valence-corrected chi connectivity index (χ3v) is 7.10. The van der Waals surface area contributed by atoms with Crippen molar-refractivity contribution in [2.24, 2.45) is 0 Å². The average Bonchev–Trinajstić information content (AvgIpc) is 3.46. The summed E-state index contributed by atoms with van der Waals surface area (Å²) in [5, 5.41) is 2.90.